The predicted octanol–water partition coefficient (Wildman–Crippen LogP) is 3.75. The van der Waals surface area contributed by atoms with E-state index >= 15 is 0 Å². The normalized spacial score (nSPS) is 32.3. The van der Waals surface area contributed by atoms with Crippen LogP contribution in [0.2, 0.25) is 0 Å². The summed E-state index contributed by atoms with van der Waals surface area (Å²) in [5, 5.41) is 9.14. The van der Waals surface area contributed by atoms with E-state index in [1.165, 1.54) is 6.42 Å². The standard InChI is InChI=1S/C29H43BrN2O6/c1-3-5-18-37-28(36)22-23-26(34)32(16-11-6-7-12-17-33)25(29(23)19-21(30)24(22)38-29)27(35)31(15-4-2)20-13-9-8-10-14-20/h3-4,20-25,33H,1-2,5-19H2/t21?,22-,23+,24-,25?,29?/m1/s1. The molecule has 0 radical (unpaired) electrons. The molecule has 212 valence electrons. The lowest BCUT2D eigenvalue weighted by molar-refractivity contribution is -0.155. The molecule has 4 aliphatic rings. The van der Waals surface area contributed by atoms with Crippen LogP contribution in [0, 0.1) is 11.8 Å². The van der Waals surface area contributed by atoms with E-state index < -0.39 is 35.6 Å². The maximum atomic E-state index is 14.5. The molecule has 1 aliphatic carbocycles. The first kappa shape index (κ1) is 29.3. The molecule has 1 saturated carbocycles. The van der Waals surface area contributed by atoms with Crippen molar-refractivity contribution in [2.24, 2.45) is 11.8 Å². The van der Waals surface area contributed by atoms with Crippen LogP contribution < -0.4 is 0 Å². The van der Waals surface area contributed by atoms with Gasteiger partial charge in [-0.15, -0.1) is 13.2 Å². The minimum Gasteiger partial charge on any atom is -0.465 e. The number of aliphatic hydroxyl groups excluding tert-OH is 1. The highest BCUT2D eigenvalue weighted by Gasteiger charge is 2.77. The Labute approximate surface area is 234 Å². The smallest absolute Gasteiger partial charge is 0.312 e. The number of aliphatic hydroxyl groups is 1. The Morgan fingerprint density at radius 2 is 1.89 bits per heavy atom. The van der Waals surface area contributed by atoms with Crippen molar-refractivity contribution >= 4 is 33.7 Å². The van der Waals surface area contributed by atoms with E-state index in [-0.39, 0.29) is 35.9 Å². The third kappa shape index (κ3) is 5.48. The highest BCUT2D eigenvalue weighted by molar-refractivity contribution is 9.09. The van der Waals surface area contributed by atoms with Crippen LogP contribution in [-0.2, 0) is 23.9 Å². The van der Waals surface area contributed by atoms with Gasteiger partial charge in [-0.2, -0.15) is 0 Å². The van der Waals surface area contributed by atoms with E-state index in [2.05, 4.69) is 29.1 Å². The largest absolute Gasteiger partial charge is 0.465 e. The number of hydrogen-bond acceptors (Lipinski definition) is 6. The second kappa shape index (κ2) is 13.1. The number of fused-ring (bicyclic) bond motifs is 1. The van der Waals surface area contributed by atoms with Crippen molar-refractivity contribution in [2.75, 3.05) is 26.3 Å². The quantitative estimate of drug-likeness (QED) is 0.142. The summed E-state index contributed by atoms with van der Waals surface area (Å²) in [6, 6.07) is -0.667. The Bertz CT molecular complexity index is 892. The summed E-state index contributed by atoms with van der Waals surface area (Å²) in [7, 11) is 0. The fourth-order valence-corrected chi connectivity index (χ4v) is 8.06. The van der Waals surface area contributed by atoms with E-state index in [0.717, 1.165) is 44.9 Å². The minimum atomic E-state index is -1.06. The molecule has 38 heavy (non-hydrogen) atoms. The lowest BCUT2D eigenvalue weighted by Crippen LogP contribution is -2.58. The molecular formula is C29H43BrN2O6. The van der Waals surface area contributed by atoms with Crippen LogP contribution in [0.1, 0.15) is 70.6 Å². The number of halogens is 1. The van der Waals surface area contributed by atoms with Crippen molar-refractivity contribution in [2.45, 2.75) is 99.2 Å². The fourth-order valence-electron chi connectivity index (χ4n) is 7.11. The number of likely N-dealkylation sites (tertiary alicyclic amines) is 1. The number of carbonyl (C=O) groups is 3. The summed E-state index contributed by atoms with van der Waals surface area (Å²) in [5.74, 6) is -2.19. The molecule has 2 bridgehead atoms. The number of rotatable bonds is 14. The van der Waals surface area contributed by atoms with Crippen molar-refractivity contribution in [1.29, 1.82) is 0 Å². The number of carbonyl (C=O) groups excluding carboxylic acids is 3. The third-order valence-corrected chi connectivity index (χ3v) is 9.64. The highest BCUT2D eigenvalue weighted by atomic mass is 79.9. The molecule has 0 aromatic rings. The van der Waals surface area contributed by atoms with Gasteiger partial charge in [0.1, 0.15) is 11.6 Å². The van der Waals surface area contributed by atoms with E-state index in [1.54, 1.807) is 17.1 Å². The Balaban J connectivity index is 1.65. The van der Waals surface area contributed by atoms with Crippen LogP contribution in [-0.4, -0.2) is 87.6 Å². The van der Waals surface area contributed by atoms with Crippen LogP contribution in [0.5, 0.6) is 0 Å². The molecular weight excluding hydrogens is 552 g/mol. The Morgan fingerprint density at radius 3 is 2.58 bits per heavy atom. The van der Waals surface area contributed by atoms with Crippen LogP contribution in [0.15, 0.2) is 25.3 Å². The van der Waals surface area contributed by atoms with Crippen molar-refractivity contribution < 1.29 is 29.0 Å². The number of nitrogens with zero attached hydrogens (tertiary/aromatic N) is 2. The van der Waals surface area contributed by atoms with Gasteiger partial charge in [-0.1, -0.05) is 60.2 Å². The van der Waals surface area contributed by atoms with Crippen molar-refractivity contribution in [3.63, 3.8) is 0 Å². The van der Waals surface area contributed by atoms with Crippen LogP contribution >= 0.6 is 15.9 Å². The summed E-state index contributed by atoms with van der Waals surface area (Å²) >= 11 is 3.72. The second-order valence-corrected chi connectivity index (χ2v) is 12.3. The number of ether oxygens (including phenoxy) is 2. The van der Waals surface area contributed by atoms with Gasteiger partial charge < -0.3 is 24.4 Å². The molecule has 3 heterocycles. The zero-order valence-corrected chi connectivity index (χ0v) is 24.0. The molecule has 3 aliphatic heterocycles. The summed E-state index contributed by atoms with van der Waals surface area (Å²) in [4.78, 5) is 45.3. The molecule has 1 N–H and O–H groups in total. The molecule has 8 nitrogen and oxygen atoms in total. The van der Waals surface area contributed by atoms with Gasteiger partial charge in [-0.25, -0.2) is 0 Å². The van der Waals surface area contributed by atoms with Gasteiger partial charge in [0.25, 0.3) is 0 Å². The zero-order valence-electron chi connectivity index (χ0n) is 22.4. The van der Waals surface area contributed by atoms with E-state index in [4.69, 9.17) is 14.6 Å². The van der Waals surface area contributed by atoms with Gasteiger partial charge in [0.2, 0.25) is 11.8 Å². The maximum absolute atomic E-state index is 14.5. The highest BCUT2D eigenvalue weighted by Crippen LogP contribution is 2.60. The molecule has 0 aromatic heterocycles. The molecule has 9 heteroatoms. The molecule has 3 unspecified atom stereocenters. The fraction of sp³-hybridized carbons (Fsp3) is 0.759. The lowest BCUT2D eigenvalue weighted by Gasteiger charge is -2.41. The molecule has 1 spiro atoms. The van der Waals surface area contributed by atoms with E-state index in [9.17, 15) is 14.4 Å². The molecule has 2 amide bonds. The number of amides is 2. The zero-order chi connectivity index (χ0) is 27.3. The SMILES string of the molecule is C=CCCOC(=O)[C@H]1[C@@H]2OC3(CC2Br)C(C(=O)N(CC=C)C2CCCCC2)N(CCCCCCO)C(=O)[C@H]13. The predicted molar refractivity (Wildman–Crippen MR) is 148 cm³/mol. The van der Waals surface area contributed by atoms with Crippen molar-refractivity contribution in [3.8, 4) is 0 Å². The molecule has 3 saturated heterocycles. The molecule has 0 aromatic carbocycles. The van der Waals surface area contributed by atoms with Crippen LogP contribution in [0.3, 0.4) is 0 Å². The van der Waals surface area contributed by atoms with Gasteiger partial charge in [0.05, 0.1) is 24.5 Å². The number of alkyl halides is 1. The van der Waals surface area contributed by atoms with Crippen molar-refractivity contribution in [3.05, 3.63) is 25.3 Å². The topological polar surface area (TPSA) is 96.4 Å². The molecule has 4 rings (SSSR count). The first-order chi connectivity index (χ1) is 18.4. The van der Waals surface area contributed by atoms with Gasteiger partial charge in [0, 0.05) is 30.6 Å². The summed E-state index contributed by atoms with van der Waals surface area (Å²) in [5.41, 5.74) is -1.06. The average molecular weight is 596 g/mol. The maximum Gasteiger partial charge on any atom is 0.312 e. The summed E-state index contributed by atoms with van der Waals surface area (Å²) < 4.78 is 12.1. The number of unbranched alkanes of at least 4 members (excludes halogenated alkanes) is 3. The van der Waals surface area contributed by atoms with Crippen LogP contribution in [0.25, 0.3) is 0 Å². The minimum absolute atomic E-state index is 0.0935. The van der Waals surface area contributed by atoms with Gasteiger partial charge >= 0.3 is 5.97 Å². The Kier molecular flexibility index (Phi) is 10.1. The van der Waals surface area contributed by atoms with Gasteiger partial charge in [0.15, 0.2) is 0 Å². The van der Waals surface area contributed by atoms with Gasteiger partial charge in [-0.3, -0.25) is 14.4 Å². The molecule has 4 fully saturated rings. The summed E-state index contributed by atoms with van der Waals surface area (Å²) in [6.45, 7) is 8.78. The first-order valence-electron chi connectivity index (χ1n) is 14.3. The number of esters is 1. The Morgan fingerprint density at radius 1 is 1.16 bits per heavy atom. The van der Waals surface area contributed by atoms with E-state index in [0.29, 0.717) is 32.4 Å². The molecule has 6 atom stereocenters. The lowest BCUT2D eigenvalue weighted by atomic mass is 9.70. The monoisotopic (exact) mass is 594 g/mol. The van der Waals surface area contributed by atoms with Crippen LogP contribution in [0.4, 0.5) is 0 Å². The first-order valence-corrected chi connectivity index (χ1v) is 15.2. The van der Waals surface area contributed by atoms with Crippen molar-refractivity contribution in [1.82, 2.24) is 9.80 Å². The van der Waals surface area contributed by atoms with E-state index in [1.807, 2.05) is 4.90 Å². The third-order valence-electron chi connectivity index (χ3n) is 8.79. The number of hydrogen-bond donors (Lipinski definition) is 1. The average Bonchev–Trinajstić information content (AvgIpc) is 3.51. The second-order valence-electron chi connectivity index (χ2n) is 11.1. The summed E-state index contributed by atoms with van der Waals surface area (Å²) in [6.07, 6.45) is 12.3. The van der Waals surface area contributed by atoms with Gasteiger partial charge in [-0.05, 0) is 38.5 Å². The Hall–Kier alpha value is -1.71.